The van der Waals surface area contributed by atoms with Crippen molar-refractivity contribution in [1.82, 2.24) is 15.8 Å². The van der Waals surface area contributed by atoms with E-state index in [1.807, 2.05) is 24.3 Å². The van der Waals surface area contributed by atoms with Crippen LogP contribution >= 0.6 is 0 Å². The van der Waals surface area contributed by atoms with Crippen LogP contribution in [0.1, 0.15) is 38.2 Å². The molecule has 2 N–H and O–H groups in total. The minimum atomic E-state index is -0.369. The van der Waals surface area contributed by atoms with Gasteiger partial charge in [-0.3, -0.25) is 15.0 Å². The number of nitrogens with zero attached hydrogens (tertiary/aromatic N) is 1. The number of amides is 2. The zero-order valence-electron chi connectivity index (χ0n) is 14.1. The summed E-state index contributed by atoms with van der Waals surface area (Å²) in [6.45, 7) is 4.31. The second kappa shape index (κ2) is 7.21. The summed E-state index contributed by atoms with van der Waals surface area (Å²) in [6, 6.07) is 7.87. The molecule has 0 radical (unpaired) electrons. The van der Waals surface area contributed by atoms with Crippen molar-refractivity contribution in [2.75, 3.05) is 19.7 Å². The van der Waals surface area contributed by atoms with Gasteiger partial charge in [0.25, 0.3) is 0 Å². The van der Waals surface area contributed by atoms with E-state index in [-0.39, 0.29) is 17.4 Å². The van der Waals surface area contributed by atoms with Gasteiger partial charge in [0.2, 0.25) is 11.8 Å². The monoisotopic (exact) mass is 331 g/mol. The number of hydrogen-bond acceptors (Lipinski definition) is 4. The van der Waals surface area contributed by atoms with E-state index < -0.39 is 0 Å². The highest BCUT2D eigenvalue weighted by Gasteiger charge is 2.49. The van der Waals surface area contributed by atoms with Crippen LogP contribution in [0.15, 0.2) is 24.3 Å². The Morgan fingerprint density at radius 3 is 2.79 bits per heavy atom. The van der Waals surface area contributed by atoms with Gasteiger partial charge in [0.1, 0.15) is 5.75 Å². The first-order chi connectivity index (χ1) is 11.6. The van der Waals surface area contributed by atoms with Crippen molar-refractivity contribution in [1.29, 1.82) is 0 Å². The van der Waals surface area contributed by atoms with Crippen LogP contribution in [0.4, 0.5) is 0 Å². The van der Waals surface area contributed by atoms with Crippen molar-refractivity contribution >= 4 is 11.8 Å². The molecule has 2 aliphatic rings. The Bertz CT molecular complexity index is 594. The van der Waals surface area contributed by atoms with E-state index in [9.17, 15) is 9.59 Å². The van der Waals surface area contributed by atoms with Gasteiger partial charge in [-0.1, -0.05) is 19.1 Å². The molecule has 1 spiro atoms. The SMILES string of the molecule is CCCOc1ccc(CCC(=O)N2NC(=O)CC23CCNC3)cc1. The molecule has 1 atom stereocenters. The number of hydrazine groups is 1. The predicted molar refractivity (Wildman–Crippen MR) is 90.4 cm³/mol. The van der Waals surface area contributed by atoms with Crippen LogP contribution in [-0.2, 0) is 16.0 Å². The van der Waals surface area contributed by atoms with E-state index in [4.69, 9.17) is 4.74 Å². The molecular weight excluding hydrogens is 306 g/mol. The van der Waals surface area contributed by atoms with Crippen LogP contribution in [-0.4, -0.2) is 42.1 Å². The maximum absolute atomic E-state index is 12.6. The van der Waals surface area contributed by atoms with Crippen molar-refractivity contribution in [3.8, 4) is 5.75 Å². The molecule has 2 saturated heterocycles. The number of aryl methyl sites for hydroxylation is 1. The van der Waals surface area contributed by atoms with Crippen LogP contribution in [0.5, 0.6) is 5.75 Å². The van der Waals surface area contributed by atoms with Crippen molar-refractivity contribution < 1.29 is 14.3 Å². The predicted octanol–water partition coefficient (Wildman–Crippen LogP) is 1.40. The van der Waals surface area contributed by atoms with E-state index in [0.29, 0.717) is 32.4 Å². The molecule has 2 aliphatic heterocycles. The molecule has 130 valence electrons. The van der Waals surface area contributed by atoms with Gasteiger partial charge in [-0.15, -0.1) is 0 Å². The quantitative estimate of drug-likeness (QED) is 0.827. The van der Waals surface area contributed by atoms with Gasteiger partial charge < -0.3 is 10.1 Å². The number of rotatable bonds is 6. The number of benzene rings is 1. The highest BCUT2D eigenvalue weighted by molar-refractivity contribution is 5.87. The Labute approximate surface area is 142 Å². The Morgan fingerprint density at radius 1 is 1.33 bits per heavy atom. The number of nitrogens with one attached hydrogen (secondary N) is 2. The molecule has 3 rings (SSSR count). The van der Waals surface area contributed by atoms with E-state index in [2.05, 4.69) is 17.7 Å². The lowest BCUT2D eigenvalue weighted by Gasteiger charge is -2.32. The second-order valence-corrected chi connectivity index (χ2v) is 6.58. The molecule has 1 unspecified atom stereocenters. The molecule has 0 aliphatic carbocycles. The summed E-state index contributed by atoms with van der Waals surface area (Å²) in [7, 11) is 0. The van der Waals surface area contributed by atoms with E-state index in [1.165, 1.54) is 0 Å². The highest BCUT2D eigenvalue weighted by Crippen LogP contribution is 2.31. The maximum Gasteiger partial charge on any atom is 0.241 e. The zero-order valence-corrected chi connectivity index (χ0v) is 14.1. The Balaban J connectivity index is 1.56. The molecule has 2 fully saturated rings. The molecule has 1 aromatic rings. The largest absolute Gasteiger partial charge is 0.494 e. The Morgan fingerprint density at radius 2 is 2.12 bits per heavy atom. The third-order valence-electron chi connectivity index (χ3n) is 4.69. The summed E-state index contributed by atoms with van der Waals surface area (Å²) in [4.78, 5) is 24.4. The van der Waals surface area contributed by atoms with E-state index in [0.717, 1.165) is 30.7 Å². The van der Waals surface area contributed by atoms with Crippen molar-refractivity contribution in [2.45, 2.75) is 44.6 Å². The first kappa shape index (κ1) is 16.8. The lowest BCUT2D eigenvalue weighted by atomic mass is 9.94. The first-order valence-corrected chi connectivity index (χ1v) is 8.68. The third kappa shape index (κ3) is 3.53. The summed E-state index contributed by atoms with van der Waals surface area (Å²) in [5, 5.41) is 4.83. The van der Waals surface area contributed by atoms with Crippen molar-refractivity contribution in [2.24, 2.45) is 0 Å². The molecule has 0 bridgehead atoms. The molecular formula is C18H25N3O3. The maximum atomic E-state index is 12.6. The average molecular weight is 331 g/mol. The molecule has 0 saturated carbocycles. The molecule has 1 aromatic carbocycles. The Kier molecular flexibility index (Phi) is 5.04. The van der Waals surface area contributed by atoms with Gasteiger partial charge in [-0.2, -0.15) is 0 Å². The van der Waals surface area contributed by atoms with Crippen LogP contribution in [0.2, 0.25) is 0 Å². The summed E-state index contributed by atoms with van der Waals surface area (Å²) in [5.74, 6) is 0.773. The van der Waals surface area contributed by atoms with Crippen molar-refractivity contribution in [3.05, 3.63) is 29.8 Å². The van der Waals surface area contributed by atoms with Crippen LogP contribution in [0, 0.1) is 0 Å². The molecule has 2 amide bonds. The molecule has 6 heteroatoms. The normalized spacial score (nSPS) is 22.9. The highest BCUT2D eigenvalue weighted by atomic mass is 16.5. The first-order valence-electron chi connectivity index (χ1n) is 8.68. The van der Waals surface area contributed by atoms with Gasteiger partial charge in [-0.25, -0.2) is 5.01 Å². The summed E-state index contributed by atoms with van der Waals surface area (Å²) in [6.07, 6.45) is 3.24. The number of ether oxygens (including phenoxy) is 1. The lowest BCUT2D eigenvalue weighted by Crippen LogP contribution is -2.53. The fourth-order valence-electron chi connectivity index (χ4n) is 3.40. The smallest absolute Gasteiger partial charge is 0.241 e. The fraction of sp³-hybridized carbons (Fsp3) is 0.556. The summed E-state index contributed by atoms with van der Waals surface area (Å²) < 4.78 is 5.56. The minimum Gasteiger partial charge on any atom is -0.494 e. The second-order valence-electron chi connectivity index (χ2n) is 6.58. The van der Waals surface area contributed by atoms with Gasteiger partial charge in [0.05, 0.1) is 18.6 Å². The van der Waals surface area contributed by atoms with Gasteiger partial charge in [0.15, 0.2) is 0 Å². The van der Waals surface area contributed by atoms with Gasteiger partial charge in [-0.05, 0) is 43.5 Å². The average Bonchev–Trinajstić information content (AvgIpc) is 3.18. The molecule has 0 aromatic heterocycles. The summed E-state index contributed by atoms with van der Waals surface area (Å²) >= 11 is 0. The van der Waals surface area contributed by atoms with Crippen LogP contribution < -0.4 is 15.5 Å². The molecule has 6 nitrogen and oxygen atoms in total. The molecule has 2 heterocycles. The standard InChI is InChI=1S/C18H25N3O3/c1-2-11-24-15-6-3-14(4-7-15)5-8-17(23)21-18(9-10-19-13-18)12-16(22)20-21/h3-4,6-7,19H,2,5,8-13H2,1H3,(H,20,22). The van der Waals surface area contributed by atoms with E-state index >= 15 is 0 Å². The topological polar surface area (TPSA) is 70.7 Å². The van der Waals surface area contributed by atoms with Gasteiger partial charge in [0, 0.05) is 13.0 Å². The fourth-order valence-corrected chi connectivity index (χ4v) is 3.40. The van der Waals surface area contributed by atoms with Crippen molar-refractivity contribution in [3.63, 3.8) is 0 Å². The molecule has 24 heavy (non-hydrogen) atoms. The van der Waals surface area contributed by atoms with E-state index in [1.54, 1.807) is 5.01 Å². The number of hydrogen-bond donors (Lipinski definition) is 2. The van der Waals surface area contributed by atoms with Crippen LogP contribution in [0.3, 0.4) is 0 Å². The number of carbonyl (C=O) groups is 2. The lowest BCUT2D eigenvalue weighted by molar-refractivity contribution is -0.140. The summed E-state index contributed by atoms with van der Waals surface area (Å²) in [5.41, 5.74) is 3.46. The zero-order chi connectivity index (χ0) is 17.0. The Hall–Kier alpha value is -2.08. The third-order valence-corrected chi connectivity index (χ3v) is 4.69. The number of carbonyl (C=O) groups excluding carboxylic acids is 2. The minimum absolute atomic E-state index is 0.0177. The van der Waals surface area contributed by atoms with Gasteiger partial charge >= 0.3 is 0 Å². The van der Waals surface area contributed by atoms with Crippen LogP contribution in [0.25, 0.3) is 0 Å².